The number of allylic oxidation sites excluding steroid dienone is 2. The highest BCUT2D eigenvalue weighted by atomic mass is 32.2. The van der Waals surface area contributed by atoms with Gasteiger partial charge in [-0.2, -0.15) is 0 Å². The lowest BCUT2D eigenvalue weighted by Crippen LogP contribution is -2.22. The van der Waals surface area contributed by atoms with E-state index >= 15 is 0 Å². The Balaban J connectivity index is 2.21. The van der Waals surface area contributed by atoms with E-state index in [1.54, 1.807) is 18.2 Å². The van der Waals surface area contributed by atoms with Gasteiger partial charge in [0.05, 0.1) is 11.3 Å². The Hall–Kier alpha value is -2.14. The van der Waals surface area contributed by atoms with Crippen molar-refractivity contribution < 1.29 is 4.21 Å². The maximum absolute atomic E-state index is 12.0. The van der Waals surface area contributed by atoms with Crippen molar-refractivity contribution in [2.75, 3.05) is 0 Å². The summed E-state index contributed by atoms with van der Waals surface area (Å²) in [5, 5.41) is 2.47. The second-order valence-corrected chi connectivity index (χ2v) is 4.98. The standard InChI is InChI=1S/C13H10N2O2S/c16-13-10(12-6-3-7-18(17)15-12)8-9-4-1-2-5-11(9)14-13/h1-8,15H,(H,14,16). The van der Waals surface area contributed by atoms with Crippen LogP contribution in [0, 0.1) is 0 Å². The Morgan fingerprint density at radius 3 is 2.83 bits per heavy atom. The van der Waals surface area contributed by atoms with Crippen LogP contribution in [0.1, 0.15) is 5.56 Å². The smallest absolute Gasteiger partial charge is 0.257 e. The van der Waals surface area contributed by atoms with Gasteiger partial charge in [-0.05, 0) is 29.7 Å². The zero-order valence-electron chi connectivity index (χ0n) is 9.34. The number of H-pyrrole nitrogens is 1. The molecule has 0 aliphatic carbocycles. The number of aromatic amines is 1. The van der Waals surface area contributed by atoms with E-state index in [4.69, 9.17) is 0 Å². The molecule has 1 aromatic heterocycles. The first-order valence-electron chi connectivity index (χ1n) is 5.42. The van der Waals surface area contributed by atoms with Crippen molar-refractivity contribution >= 4 is 27.6 Å². The fourth-order valence-electron chi connectivity index (χ4n) is 1.88. The molecule has 3 rings (SSSR count). The average molecular weight is 258 g/mol. The molecule has 90 valence electrons. The lowest BCUT2D eigenvalue weighted by molar-refractivity contribution is 0.685. The molecular formula is C13H10N2O2S. The fourth-order valence-corrected chi connectivity index (χ4v) is 2.56. The van der Waals surface area contributed by atoms with Crippen molar-refractivity contribution in [3.63, 3.8) is 0 Å². The van der Waals surface area contributed by atoms with Crippen LogP contribution in [-0.4, -0.2) is 9.19 Å². The molecule has 2 aromatic rings. The molecular weight excluding hydrogens is 248 g/mol. The molecule has 0 radical (unpaired) electrons. The predicted octanol–water partition coefficient (Wildman–Crippen LogP) is 1.65. The first-order chi connectivity index (χ1) is 8.74. The maximum atomic E-state index is 12.0. The van der Waals surface area contributed by atoms with E-state index in [0.29, 0.717) is 11.3 Å². The van der Waals surface area contributed by atoms with Crippen molar-refractivity contribution in [3.8, 4) is 0 Å². The molecule has 2 heterocycles. The number of rotatable bonds is 1. The Morgan fingerprint density at radius 2 is 2.00 bits per heavy atom. The molecule has 0 spiro atoms. The summed E-state index contributed by atoms with van der Waals surface area (Å²) in [5.41, 5.74) is 1.66. The Morgan fingerprint density at radius 1 is 1.17 bits per heavy atom. The van der Waals surface area contributed by atoms with E-state index in [9.17, 15) is 9.00 Å². The van der Waals surface area contributed by atoms with Gasteiger partial charge in [-0.25, -0.2) is 4.21 Å². The lowest BCUT2D eigenvalue weighted by Gasteiger charge is -2.11. The second kappa shape index (κ2) is 4.27. The van der Waals surface area contributed by atoms with Crippen LogP contribution in [0.15, 0.2) is 52.7 Å². The highest BCUT2D eigenvalue weighted by Crippen LogP contribution is 2.16. The number of benzene rings is 1. The van der Waals surface area contributed by atoms with Crippen LogP contribution >= 0.6 is 0 Å². The zero-order valence-corrected chi connectivity index (χ0v) is 10.2. The molecule has 5 heteroatoms. The van der Waals surface area contributed by atoms with Crippen molar-refractivity contribution in [3.05, 3.63) is 63.8 Å². The van der Waals surface area contributed by atoms with Gasteiger partial charge in [0.15, 0.2) is 0 Å². The first-order valence-corrected chi connectivity index (χ1v) is 6.63. The lowest BCUT2D eigenvalue weighted by atomic mass is 10.1. The number of hydrogen-bond acceptors (Lipinski definition) is 2. The van der Waals surface area contributed by atoms with Gasteiger partial charge in [-0.3, -0.25) is 4.79 Å². The highest BCUT2D eigenvalue weighted by Gasteiger charge is 2.11. The SMILES string of the molecule is O=c1[nH]c2ccccc2cc1C1=CC=CS(=O)N1. The third-order valence-electron chi connectivity index (χ3n) is 2.72. The summed E-state index contributed by atoms with van der Waals surface area (Å²) < 4.78 is 14.1. The Bertz CT molecular complexity index is 759. The molecule has 1 aliphatic heterocycles. The summed E-state index contributed by atoms with van der Waals surface area (Å²) in [6, 6.07) is 9.34. The number of pyridine rings is 1. The van der Waals surface area contributed by atoms with Crippen LogP contribution in [0.25, 0.3) is 16.6 Å². The van der Waals surface area contributed by atoms with Crippen LogP contribution < -0.4 is 10.3 Å². The molecule has 1 aromatic carbocycles. The van der Waals surface area contributed by atoms with Crippen molar-refractivity contribution in [1.29, 1.82) is 0 Å². The van der Waals surface area contributed by atoms with Gasteiger partial charge in [-0.15, -0.1) is 0 Å². The molecule has 0 saturated heterocycles. The van der Waals surface area contributed by atoms with Gasteiger partial charge in [-0.1, -0.05) is 18.2 Å². The van der Waals surface area contributed by atoms with E-state index in [2.05, 4.69) is 9.71 Å². The predicted molar refractivity (Wildman–Crippen MR) is 73.0 cm³/mol. The average Bonchev–Trinajstić information content (AvgIpc) is 2.38. The number of para-hydroxylation sites is 1. The summed E-state index contributed by atoms with van der Waals surface area (Å²) in [5.74, 6) is 0. The first kappa shape index (κ1) is 11.0. The van der Waals surface area contributed by atoms with Crippen LogP contribution in [0.4, 0.5) is 0 Å². The molecule has 0 fully saturated rings. The van der Waals surface area contributed by atoms with Gasteiger partial charge in [0.1, 0.15) is 11.0 Å². The summed E-state index contributed by atoms with van der Waals surface area (Å²) in [6.07, 6.45) is 3.41. The topological polar surface area (TPSA) is 62.0 Å². The normalized spacial score (nSPS) is 18.4. The van der Waals surface area contributed by atoms with Gasteiger partial charge >= 0.3 is 0 Å². The number of fused-ring (bicyclic) bond motifs is 1. The van der Waals surface area contributed by atoms with Crippen LogP contribution in [0.3, 0.4) is 0 Å². The van der Waals surface area contributed by atoms with E-state index in [-0.39, 0.29) is 5.56 Å². The van der Waals surface area contributed by atoms with Gasteiger partial charge in [0.2, 0.25) is 0 Å². The van der Waals surface area contributed by atoms with E-state index in [0.717, 1.165) is 10.9 Å². The minimum absolute atomic E-state index is 0.195. The number of aromatic nitrogens is 1. The largest absolute Gasteiger partial charge is 0.321 e. The zero-order chi connectivity index (χ0) is 12.5. The summed E-state index contributed by atoms with van der Waals surface area (Å²) in [6.45, 7) is 0. The highest BCUT2D eigenvalue weighted by molar-refractivity contribution is 7.86. The molecule has 18 heavy (non-hydrogen) atoms. The van der Waals surface area contributed by atoms with Gasteiger partial charge < -0.3 is 9.71 Å². The Labute approximate surface area is 106 Å². The molecule has 4 nitrogen and oxygen atoms in total. The number of hydrogen-bond donors (Lipinski definition) is 2. The number of nitrogens with one attached hydrogen (secondary N) is 2. The van der Waals surface area contributed by atoms with E-state index < -0.39 is 11.0 Å². The monoisotopic (exact) mass is 258 g/mol. The molecule has 1 unspecified atom stereocenters. The molecule has 0 saturated carbocycles. The summed E-state index contributed by atoms with van der Waals surface area (Å²) >= 11 is 0. The minimum Gasteiger partial charge on any atom is -0.321 e. The fraction of sp³-hybridized carbons (Fsp3) is 0. The van der Waals surface area contributed by atoms with E-state index in [1.807, 2.05) is 24.3 Å². The third-order valence-corrected chi connectivity index (χ3v) is 3.54. The minimum atomic E-state index is -1.26. The second-order valence-electron chi connectivity index (χ2n) is 3.91. The summed E-state index contributed by atoms with van der Waals surface area (Å²) in [4.78, 5) is 14.8. The van der Waals surface area contributed by atoms with Crippen molar-refractivity contribution in [2.45, 2.75) is 0 Å². The van der Waals surface area contributed by atoms with Crippen LogP contribution in [0.2, 0.25) is 0 Å². The third kappa shape index (κ3) is 1.89. The maximum Gasteiger partial charge on any atom is 0.257 e. The van der Waals surface area contributed by atoms with Gasteiger partial charge in [0.25, 0.3) is 5.56 Å². The van der Waals surface area contributed by atoms with Crippen molar-refractivity contribution in [1.82, 2.24) is 9.71 Å². The molecule has 1 aliphatic rings. The summed E-state index contributed by atoms with van der Waals surface area (Å²) in [7, 11) is -1.26. The quantitative estimate of drug-likeness (QED) is 0.817. The van der Waals surface area contributed by atoms with Gasteiger partial charge in [0, 0.05) is 10.9 Å². The Kier molecular flexibility index (Phi) is 2.60. The van der Waals surface area contributed by atoms with Crippen LogP contribution in [0.5, 0.6) is 0 Å². The molecule has 1 atom stereocenters. The van der Waals surface area contributed by atoms with Crippen LogP contribution in [-0.2, 0) is 11.0 Å². The van der Waals surface area contributed by atoms with E-state index in [1.165, 1.54) is 5.41 Å². The molecule has 2 N–H and O–H groups in total. The molecule has 0 amide bonds. The van der Waals surface area contributed by atoms with Crippen molar-refractivity contribution in [2.24, 2.45) is 0 Å². The molecule has 0 bridgehead atoms.